The number of allylic oxidation sites excluding steroid dienone is 2. The van der Waals surface area contributed by atoms with Gasteiger partial charge in [0.2, 0.25) is 0 Å². The fourth-order valence-electron chi connectivity index (χ4n) is 7.45. The summed E-state index contributed by atoms with van der Waals surface area (Å²) in [5.74, 6) is 1.76. The maximum atomic E-state index is 4.96. The zero-order chi connectivity index (χ0) is 40.5. The number of nitrogens with zero attached hydrogens (tertiary/aromatic N) is 4. The molecular formula is C50H73EuN5O2. The summed E-state index contributed by atoms with van der Waals surface area (Å²) in [4.78, 5) is 9.93. The summed E-state index contributed by atoms with van der Waals surface area (Å²) in [5, 5.41) is 13.1. The fourth-order valence-corrected chi connectivity index (χ4v) is 7.45. The van der Waals surface area contributed by atoms with Crippen LogP contribution in [0, 0.1) is 49.4 Å². The molecule has 3 aromatic rings. The summed E-state index contributed by atoms with van der Waals surface area (Å²) in [7, 11) is 0. The van der Waals surface area contributed by atoms with Gasteiger partial charge in [-0.15, -0.1) is 5.69 Å². The minimum absolute atomic E-state index is 0. The quantitative estimate of drug-likeness (QED) is 0.171. The Hall–Kier alpha value is -2.36. The molecule has 4 fully saturated rings. The van der Waals surface area contributed by atoms with Gasteiger partial charge in [0, 0.05) is 38.1 Å². The Morgan fingerprint density at radius 2 is 1.07 bits per heavy atom. The van der Waals surface area contributed by atoms with E-state index >= 15 is 0 Å². The second-order valence-electron chi connectivity index (χ2n) is 16.4. The van der Waals surface area contributed by atoms with Gasteiger partial charge in [-0.25, -0.2) is 0 Å². The number of hydrogen-bond donors (Lipinski definition) is 1. The first kappa shape index (κ1) is 50.0. The third kappa shape index (κ3) is 20.3. The summed E-state index contributed by atoms with van der Waals surface area (Å²) in [6.07, 6.45) is 20.2. The molecule has 2 aliphatic heterocycles. The molecule has 7 rings (SSSR count). The van der Waals surface area contributed by atoms with E-state index in [-0.39, 0.29) is 49.4 Å². The van der Waals surface area contributed by atoms with Gasteiger partial charge in [0.15, 0.2) is 0 Å². The predicted octanol–water partition coefficient (Wildman–Crippen LogP) is 14.5. The standard InChI is InChI=1S/C23H29N2.C19H28N3.2C4H8O.Eu/c1-16(2)21-13-10-14-22(17(3)4)23(21)25-19(6)15-18(5)24-20-11-8-7-9-12-20;1-4-10-16(11-5-1)20-19(21-17-12-6-2-7-13-17)22-18-14-8-3-9-15-18;2*1-2-4-5-3-1;/h7-17H,1-6H3;1,4-5,10-11,17-18H,2-3,6-9,12-15H2,(H-,20,21,22);2*1-4H2;/q2*-1;;;+2/b18-15-,25-19?;;;;. The third-order valence-corrected chi connectivity index (χ3v) is 10.6. The van der Waals surface area contributed by atoms with Crippen LogP contribution in [0.1, 0.15) is 154 Å². The van der Waals surface area contributed by atoms with Crippen LogP contribution in [0.25, 0.3) is 10.6 Å². The second kappa shape index (κ2) is 29.8. The van der Waals surface area contributed by atoms with Gasteiger partial charge in [-0.3, -0.25) is 4.99 Å². The van der Waals surface area contributed by atoms with E-state index in [0.717, 1.165) is 60.9 Å². The number of ether oxygens (including phenoxy) is 2. The van der Waals surface area contributed by atoms with E-state index in [1.165, 1.54) is 101 Å². The first-order chi connectivity index (χ1) is 27.8. The number of guanidine groups is 1. The predicted molar refractivity (Wildman–Crippen MR) is 244 cm³/mol. The van der Waals surface area contributed by atoms with Crippen molar-refractivity contribution in [2.24, 2.45) is 9.98 Å². The minimum Gasteiger partial charge on any atom is -0.661 e. The number of aliphatic imine (C=N–C) groups is 2. The smallest absolute Gasteiger partial charge is 0.661 e. The largest absolute Gasteiger partial charge is 2.00 e. The molecule has 0 unspecified atom stereocenters. The molecule has 2 heterocycles. The second-order valence-corrected chi connectivity index (χ2v) is 16.4. The van der Waals surface area contributed by atoms with Crippen LogP contribution in [0.3, 0.4) is 0 Å². The van der Waals surface area contributed by atoms with Crippen LogP contribution in [0.15, 0.2) is 101 Å². The average Bonchev–Trinajstić information content (AvgIpc) is 4.01. The van der Waals surface area contributed by atoms with Crippen LogP contribution in [0.4, 0.5) is 17.1 Å². The summed E-state index contributed by atoms with van der Waals surface area (Å²) in [6.45, 7) is 17.0. The molecule has 0 bridgehead atoms. The van der Waals surface area contributed by atoms with Gasteiger partial charge in [-0.1, -0.05) is 158 Å². The summed E-state index contributed by atoms with van der Waals surface area (Å²) < 4.78 is 9.89. The van der Waals surface area contributed by atoms with Gasteiger partial charge >= 0.3 is 49.4 Å². The van der Waals surface area contributed by atoms with Crippen molar-refractivity contribution in [2.75, 3.05) is 26.4 Å². The molecule has 317 valence electrons. The van der Waals surface area contributed by atoms with Crippen molar-refractivity contribution < 1.29 is 58.9 Å². The monoisotopic (exact) mass is 928 g/mol. The van der Waals surface area contributed by atoms with Crippen LogP contribution < -0.4 is 5.32 Å². The molecular weight excluding hydrogens is 855 g/mol. The van der Waals surface area contributed by atoms with Gasteiger partial charge in [-0.05, 0) is 99.0 Å². The molecule has 0 aromatic heterocycles. The Morgan fingerprint density at radius 1 is 0.603 bits per heavy atom. The van der Waals surface area contributed by atoms with E-state index in [1.807, 2.05) is 68.5 Å². The molecule has 4 aliphatic rings. The van der Waals surface area contributed by atoms with Gasteiger partial charge in [0.1, 0.15) is 0 Å². The summed E-state index contributed by atoms with van der Waals surface area (Å²) in [5.41, 5.74) is 7.63. The van der Waals surface area contributed by atoms with E-state index in [9.17, 15) is 0 Å². The van der Waals surface area contributed by atoms with Crippen molar-refractivity contribution in [1.82, 2.24) is 5.32 Å². The number of nitrogens with one attached hydrogen (secondary N) is 1. The van der Waals surface area contributed by atoms with Crippen LogP contribution in [0.2, 0.25) is 0 Å². The number of hydrogen-bond acceptors (Lipinski definition) is 4. The van der Waals surface area contributed by atoms with Crippen molar-refractivity contribution in [3.63, 3.8) is 0 Å². The Labute approximate surface area is 393 Å². The molecule has 1 radical (unpaired) electrons. The average molecular weight is 928 g/mol. The first-order valence-electron chi connectivity index (χ1n) is 22.2. The fraction of sp³-hybridized carbons (Fsp3) is 0.560. The van der Waals surface area contributed by atoms with Crippen molar-refractivity contribution >= 4 is 28.7 Å². The van der Waals surface area contributed by atoms with Crippen LogP contribution in [-0.4, -0.2) is 50.2 Å². The van der Waals surface area contributed by atoms with Gasteiger partial charge in [-0.2, -0.15) is 5.70 Å². The molecule has 0 amide bonds. The van der Waals surface area contributed by atoms with E-state index in [0.29, 0.717) is 23.9 Å². The number of benzene rings is 3. The molecule has 2 saturated carbocycles. The van der Waals surface area contributed by atoms with Crippen molar-refractivity contribution in [3.8, 4) is 0 Å². The normalized spacial score (nSPS) is 17.8. The topological polar surface area (TPSA) is 83.4 Å². The number of para-hydroxylation sites is 3. The van der Waals surface area contributed by atoms with E-state index in [2.05, 4.69) is 68.7 Å². The Morgan fingerprint density at radius 3 is 1.52 bits per heavy atom. The van der Waals surface area contributed by atoms with Crippen molar-refractivity contribution in [2.45, 2.75) is 155 Å². The molecule has 2 saturated heterocycles. The van der Waals surface area contributed by atoms with Crippen molar-refractivity contribution in [1.29, 1.82) is 0 Å². The first-order valence-corrected chi connectivity index (χ1v) is 22.2. The van der Waals surface area contributed by atoms with Crippen LogP contribution >= 0.6 is 0 Å². The van der Waals surface area contributed by atoms with E-state index < -0.39 is 0 Å². The van der Waals surface area contributed by atoms with Gasteiger partial charge in [0.25, 0.3) is 0 Å². The SMILES string of the molecule is C1CCOC1.C1CCOC1.CC(/C=C(/C)[N-]c1ccccc1)=Nc1c(C(C)C)cccc1C(C)C.[Eu+2].c1ccc([N-]C(=NC2CCCCC2)NC2CCCCC2)cc1. The Bertz CT molecular complexity index is 1550. The molecule has 7 nitrogen and oxygen atoms in total. The molecule has 2 aliphatic carbocycles. The van der Waals surface area contributed by atoms with E-state index in [4.69, 9.17) is 24.8 Å². The minimum atomic E-state index is 0. The van der Waals surface area contributed by atoms with Gasteiger partial charge < -0.3 is 30.4 Å². The molecule has 0 atom stereocenters. The van der Waals surface area contributed by atoms with E-state index in [1.54, 1.807) is 0 Å². The zero-order valence-electron chi connectivity index (χ0n) is 36.6. The van der Waals surface area contributed by atoms with Crippen LogP contribution in [-0.2, 0) is 9.47 Å². The zero-order valence-corrected chi connectivity index (χ0v) is 39.0. The van der Waals surface area contributed by atoms with Crippen molar-refractivity contribution in [3.05, 3.63) is 112 Å². The van der Waals surface area contributed by atoms with Crippen LogP contribution in [0.5, 0.6) is 0 Å². The summed E-state index contributed by atoms with van der Waals surface area (Å²) in [6, 6.07) is 27.8. The summed E-state index contributed by atoms with van der Waals surface area (Å²) >= 11 is 0. The maximum Gasteiger partial charge on any atom is 2.00 e. The third-order valence-electron chi connectivity index (χ3n) is 10.6. The Kier molecular flexibility index (Phi) is 25.7. The molecule has 58 heavy (non-hydrogen) atoms. The molecule has 1 N–H and O–H groups in total. The molecule has 3 aromatic carbocycles. The number of rotatable bonds is 9. The van der Waals surface area contributed by atoms with Gasteiger partial charge in [0.05, 0.1) is 5.69 Å². The molecule has 8 heteroatoms. The maximum absolute atomic E-state index is 4.96. The Balaban J connectivity index is 0.000000246. The molecule has 0 spiro atoms.